The molecule has 12 heteroatoms. The minimum absolute atomic E-state index is 0.0984. The van der Waals surface area contributed by atoms with Gasteiger partial charge in [-0.25, -0.2) is 4.79 Å². The zero-order valence-corrected chi connectivity index (χ0v) is 23.7. The highest BCUT2D eigenvalue weighted by atomic mass is 35.5. The van der Waals surface area contributed by atoms with E-state index in [9.17, 15) is 27.6 Å². The number of alkyl halides is 3. The number of nitrogens with zero attached hydrogens (tertiary/aromatic N) is 1. The minimum atomic E-state index is -4.36. The average Bonchev–Trinajstić information content (AvgIpc) is 3.27. The summed E-state index contributed by atoms with van der Waals surface area (Å²) in [6.07, 6.45) is -0.313. The van der Waals surface area contributed by atoms with E-state index in [4.69, 9.17) is 11.6 Å². The van der Waals surface area contributed by atoms with Gasteiger partial charge in [0.1, 0.15) is 10.8 Å². The Hall–Kier alpha value is -3.41. The fourth-order valence-corrected chi connectivity index (χ4v) is 6.05. The molecule has 3 amide bonds. The number of carbonyl (C=O) groups excluding carboxylic acids is 3. The van der Waals surface area contributed by atoms with E-state index in [1.54, 1.807) is 24.3 Å². The van der Waals surface area contributed by atoms with Gasteiger partial charge in [0, 0.05) is 41.5 Å². The van der Waals surface area contributed by atoms with Gasteiger partial charge in [0.25, 0.3) is 0 Å². The van der Waals surface area contributed by atoms with Crippen molar-refractivity contribution in [2.24, 2.45) is 0 Å². The van der Waals surface area contributed by atoms with Crippen molar-refractivity contribution in [3.05, 3.63) is 75.1 Å². The Kier molecular flexibility index (Phi) is 10.4. The van der Waals surface area contributed by atoms with Crippen LogP contribution in [0.5, 0.6) is 0 Å². The number of Topliss-reactive ketones (excluding diaryl/α,β-unsaturated/α-hetero) is 1. The number of thiophene rings is 1. The number of unbranched alkanes of at least 4 members (excludes halogenated alkanes) is 1. The van der Waals surface area contributed by atoms with Crippen LogP contribution in [0.2, 0.25) is 5.02 Å². The number of hydrogen-bond donors (Lipinski definition) is 3. The summed E-state index contributed by atoms with van der Waals surface area (Å²) in [5.74, 6) is 0.0984. The first-order chi connectivity index (χ1) is 19.6. The predicted octanol–water partition coefficient (Wildman–Crippen LogP) is 7.36. The van der Waals surface area contributed by atoms with E-state index in [2.05, 4.69) is 20.9 Å². The molecule has 1 aromatic heterocycles. The van der Waals surface area contributed by atoms with Crippen molar-refractivity contribution in [2.45, 2.75) is 51.2 Å². The Bertz CT molecular complexity index is 1360. The van der Waals surface area contributed by atoms with Crippen LogP contribution in [0.4, 0.5) is 34.3 Å². The first kappa shape index (κ1) is 30.5. The van der Waals surface area contributed by atoms with E-state index in [0.29, 0.717) is 65.6 Å². The van der Waals surface area contributed by atoms with Gasteiger partial charge in [-0.2, -0.15) is 13.2 Å². The number of carbonyl (C=O) groups is 3. The van der Waals surface area contributed by atoms with E-state index in [1.165, 1.54) is 23.5 Å². The Morgan fingerprint density at radius 2 is 1.73 bits per heavy atom. The number of halogens is 4. The number of benzene rings is 2. The molecule has 0 atom stereocenters. The maximum Gasteiger partial charge on any atom is 0.416 e. The second-order valence-corrected chi connectivity index (χ2v) is 11.3. The summed E-state index contributed by atoms with van der Waals surface area (Å²) in [5, 5.41) is 9.45. The monoisotopic (exact) mass is 606 g/mol. The van der Waals surface area contributed by atoms with Crippen LogP contribution >= 0.6 is 22.9 Å². The number of ketones is 1. The lowest BCUT2D eigenvalue weighted by atomic mass is 10.0. The maximum absolute atomic E-state index is 12.7. The SMILES string of the molecule is O=CNc1c(NC(=O)Nc2ccc(Cl)cc2)sc2c1CCN(CCCCC(=O)CCc1ccc(C(F)(F)F)cc1)C2. The number of amides is 3. The number of fused-ring (bicyclic) bond motifs is 1. The molecule has 0 saturated heterocycles. The van der Waals surface area contributed by atoms with E-state index in [0.717, 1.165) is 48.5 Å². The summed E-state index contributed by atoms with van der Waals surface area (Å²) in [7, 11) is 0. The lowest BCUT2D eigenvalue weighted by Gasteiger charge is -2.27. The highest BCUT2D eigenvalue weighted by Gasteiger charge is 2.30. The first-order valence-corrected chi connectivity index (χ1v) is 14.4. The first-order valence-electron chi connectivity index (χ1n) is 13.2. The van der Waals surface area contributed by atoms with Gasteiger partial charge in [-0.3, -0.25) is 19.8 Å². The van der Waals surface area contributed by atoms with Gasteiger partial charge in [-0.05, 0) is 79.8 Å². The van der Waals surface area contributed by atoms with E-state index in [1.807, 2.05) is 0 Å². The third-order valence-corrected chi connectivity index (χ3v) is 8.21. The molecule has 41 heavy (non-hydrogen) atoms. The molecule has 7 nitrogen and oxygen atoms in total. The van der Waals surface area contributed by atoms with E-state index in [-0.39, 0.29) is 5.78 Å². The minimum Gasteiger partial charge on any atom is -0.326 e. The van der Waals surface area contributed by atoms with Crippen molar-refractivity contribution in [1.82, 2.24) is 4.90 Å². The van der Waals surface area contributed by atoms with Crippen LogP contribution < -0.4 is 16.0 Å². The van der Waals surface area contributed by atoms with Crippen LogP contribution in [0, 0.1) is 0 Å². The van der Waals surface area contributed by atoms with Gasteiger partial charge in [0.2, 0.25) is 6.41 Å². The number of urea groups is 1. The molecule has 3 aromatic rings. The van der Waals surface area contributed by atoms with Crippen LogP contribution in [0.3, 0.4) is 0 Å². The smallest absolute Gasteiger partial charge is 0.326 e. The normalized spacial score (nSPS) is 13.4. The van der Waals surface area contributed by atoms with Crippen LogP contribution in [-0.4, -0.2) is 36.2 Å². The maximum atomic E-state index is 12.7. The third-order valence-electron chi connectivity index (χ3n) is 6.82. The molecule has 0 aliphatic carbocycles. The Morgan fingerprint density at radius 1 is 1.00 bits per heavy atom. The molecule has 0 radical (unpaired) electrons. The third kappa shape index (κ3) is 8.79. The topological polar surface area (TPSA) is 90.5 Å². The predicted molar refractivity (Wildman–Crippen MR) is 156 cm³/mol. The molecule has 2 heterocycles. The Balaban J connectivity index is 1.22. The Morgan fingerprint density at radius 3 is 2.41 bits per heavy atom. The zero-order valence-electron chi connectivity index (χ0n) is 22.2. The van der Waals surface area contributed by atoms with Gasteiger partial charge >= 0.3 is 12.2 Å². The van der Waals surface area contributed by atoms with Crippen LogP contribution in [0.15, 0.2) is 48.5 Å². The molecular weight excluding hydrogens is 577 g/mol. The molecule has 218 valence electrons. The summed E-state index contributed by atoms with van der Waals surface area (Å²) in [4.78, 5) is 39.5. The molecule has 0 fully saturated rings. The molecule has 0 unspecified atom stereocenters. The van der Waals surface area contributed by atoms with Gasteiger partial charge in [-0.1, -0.05) is 23.7 Å². The van der Waals surface area contributed by atoms with Crippen LogP contribution in [0.1, 0.15) is 47.3 Å². The lowest BCUT2D eigenvalue weighted by molar-refractivity contribution is -0.137. The fourth-order valence-electron chi connectivity index (χ4n) is 4.67. The van der Waals surface area contributed by atoms with Crippen molar-refractivity contribution in [3.8, 4) is 0 Å². The van der Waals surface area contributed by atoms with Crippen molar-refractivity contribution < 1.29 is 27.6 Å². The van der Waals surface area contributed by atoms with Crippen molar-refractivity contribution in [3.63, 3.8) is 0 Å². The van der Waals surface area contributed by atoms with Gasteiger partial charge in [0.05, 0.1) is 11.3 Å². The molecule has 3 N–H and O–H groups in total. The van der Waals surface area contributed by atoms with E-state index < -0.39 is 17.8 Å². The largest absolute Gasteiger partial charge is 0.416 e. The number of anilines is 3. The van der Waals surface area contributed by atoms with E-state index >= 15 is 0 Å². The Labute approximate surface area is 245 Å². The number of rotatable bonds is 12. The second-order valence-electron chi connectivity index (χ2n) is 9.77. The zero-order chi connectivity index (χ0) is 29.4. The molecule has 4 rings (SSSR count). The molecular formula is C29H30ClF3N4O3S. The highest BCUT2D eigenvalue weighted by Crippen LogP contribution is 2.41. The highest BCUT2D eigenvalue weighted by molar-refractivity contribution is 7.17. The van der Waals surface area contributed by atoms with Crippen molar-refractivity contribution in [1.29, 1.82) is 0 Å². The van der Waals surface area contributed by atoms with Crippen molar-refractivity contribution in [2.75, 3.05) is 29.0 Å². The summed E-state index contributed by atoms with van der Waals surface area (Å²) < 4.78 is 38.1. The average molecular weight is 607 g/mol. The molecule has 1 aliphatic heterocycles. The van der Waals surface area contributed by atoms with Crippen LogP contribution in [0.25, 0.3) is 0 Å². The molecule has 2 aromatic carbocycles. The fraction of sp³-hybridized carbons (Fsp3) is 0.345. The molecule has 0 saturated carbocycles. The summed E-state index contributed by atoms with van der Waals surface area (Å²) in [6.45, 7) is 2.27. The summed E-state index contributed by atoms with van der Waals surface area (Å²) >= 11 is 7.32. The van der Waals surface area contributed by atoms with Gasteiger partial charge < -0.3 is 10.6 Å². The number of nitrogens with one attached hydrogen (secondary N) is 3. The van der Waals surface area contributed by atoms with Gasteiger partial charge in [0.15, 0.2) is 0 Å². The van der Waals surface area contributed by atoms with Gasteiger partial charge in [-0.15, -0.1) is 11.3 Å². The van der Waals surface area contributed by atoms with Crippen LogP contribution in [-0.2, 0) is 35.2 Å². The standard InChI is InChI=1S/C29H30ClF3N4O3S/c30-21-9-11-22(12-10-21)35-28(40)36-27-26(34-18-38)24-14-16-37(17-25(24)41-27)15-2-1-3-23(39)13-6-19-4-7-20(8-5-19)29(31,32)33/h4-5,7-12,18H,1-3,6,13-17H2,(H,34,38)(H2,35,36,40). The number of hydrogen-bond acceptors (Lipinski definition) is 5. The number of aryl methyl sites for hydroxylation is 1. The quantitative estimate of drug-likeness (QED) is 0.148. The molecule has 0 bridgehead atoms. The summed E-state index contributed by atoms with van der Waals surface area (Å²) in [6, 6.07) is 11.2. The molecule has 0 spiro atoms. The van der Waals surface area contributed by atoms with Crippen molar-refractivity contribution >= 4 is 57.5 Å². The molecule has 1 aliphatic rings. The summed E-state index contributed by atoms with van der Waals surface area (Å²) in [5.41, 5.74) is 2.24. The lowest BCUT2D eigenvalue weighted by Crippen LogP contribution is -2.30. The second kappa shape index (κ2) is 14.0.